The maximum absolute atomic E-state index is 12.0. The summed E-state index contributed by atoms with van der Waals surface area (Å²) in [5.41, 5.74) is 0.321. The lowest BCUT2D eigenvalue weighted by Crippen LogP contribution is -2.40. The summed E-state index contributed by atoms with van der Waals surface area (Å²) in [7, 11) is -3.36. The number of urea groups is 1. The smallest absolute Gasteiger partial charge is 0.319 e. The molecule has 6 heteroatoms. The molecule has 0 aliphatic heterocycles. The van der Waals surface area contributed by atoms with E-state index >= 15 is 0 Å². The minimum Gasteiger partial charge on any atom is -0.335 e. The number of amides is 2. The summed E-state index contributed by atoms with van der Waals surface area (Å²) in [6.07, 6.45) is 5.41. The van der Waals surface area contributed by atoms with E-state index in [-0.39, 0.29) is 17.0 Å². The van der Waals surface area contributed by atoms with Gasteiger partial charge in [-0.25, -0.2) is 13.2 Å². The Balaban J connectivity index is 2.03. The first kappa shape index (κ1) is 15.8. The molecule has 2 atom stereocenters. The molecule has 0 radical (unpaired) electrons. The summed E-state index contributed by atoms with van der Waals surface area (Å²) in [4.78, 5) is 12.2. The van der Waals surface area contributed by atoms with Gasteiger partial charge in [0.1, 0.15) is 0 Å². The summed E-state index contributed by atoms with van der Waals surface area (Å²) in [5.74, 6) is 0.618. The summed E-state index contributed by atoms with van der Waals surface area (Å²) >= 11 is 0. The average Bonchev–Trinajstić information content (AvgIpc) is 2.37. The molecule has 0 bridgehead atoms. The number of rotatable bonds is 3. The molecule has 5 nitrogen and oxygen atoms in total. The molecule has 2 amide bonds. The van der Waals surface area contributed by atoms with Crippen molar-refractivity contribution in [1.82, 2.24) is 5.32 Å². The van der Waals surface area contributed by atoms with Gasteiger partial charge >= 0.3 is 6.03 Å². The number of sulfone groups is 1. The Morgan fingerprint density at radius 1 is 1.24 bits per heavy atom. The van der Waals surface area contributed by atoms with Crippen LogP contribution in [0.5, 0.6) is 0 Å². The monoisotopic (exact) mass is 310 g/mol. The van der Waals surface area contributed by atoms with Crippen molar-refractivity contribution in [1.29, 1.82) is 0 Å². The second-order valence-electron chi connectivity index (χ2n) is 5.84. The molecule has 1 aliphatic rings. The van der Waals surface area contributed by atoms with E-state index in [2.05, 4.69) is 17.6 Å². The molecule has 1 aromatic carbocycles. The first-order valence-electron chi connectivity index (χ1n) is 7.23. The van der Waals surface area contributed by atoms with Crippen LogP contribution in [0.4, 0.5) is 10.5 Å². The fraction of sp³-hybridized carbons (Fsp3) is 0.533. The maximum Gasteiger partial charge on any atom is 0.319 e. The van der Waals surface area contributed by atoms with Crippen LogP contribution in [-0.4, -0.2) is 26.7 Å². The van der Waals surface area contributed by atoms with Crippen molar-refractivity contribution in [2.24, 2.45) is 5.92 Å². The fourth-order valence-corrected chi connectivity index (χ4v) is 3.65. The van der Waals surface area contributed by atoms with Gasteiger partial charge < -0.3 is 10.6 Å². The van der Waals surface area contributed by atoms with E-state index < -0.39 is 9.84 Å². The predicted molar refractivity (Wildman–Crippen MR) is 83.1 cm³/mol. The number of benzene rings is 1. The summed E-state index contributed by atoms with van der Waals surface area (Å²) in [6, 6.07) is 6.26. The van der Waals surface area contributed by atoms with Crippen LogP contribution in [0.25, 0.3) is 0 Å². The Hall–Kier alpha value is -1.56. The third-order valence-corrected chi connectivity index (χ3v) is 4.96. The van der Waals surface area contributed by atoms with Crippen molar-refractivity contribution in [2.45, 2.75) is 43.5 Å². The van der Waals surface area contributed by atoms with Crippen LogP contribution < -0.4 is 10.6 Å². The minimum atomic E-state index is -3.36. The molecule has 0 aromatic heterocycles. The zero-order chi connectivity index (χ0) is 15.5. The molecule has 0 heterocycles. The van der Waals surface area contributed by atoms with Crippen LogP contribution in [0.3, 0.4) is 0 Å². The maximum atomic E-state index is 12.0. The van der Waals surface area contributed by atoms with Crippen LogP contribution in [-0.2, 0) is 9.84 Å². The van der Waals surface area contributed by atoms with E-state index in [0.717, 1.165) is 25.5 Å². The molecule has 21 heavy (non-hydrogen) atoms. The third kappa shape index (κ3) is 4.46. The molecule has 0 unspecified atom stereocenters. The molecule has 1 saturated carbocycles. The Labute approximate surface area is 126 Å². The largest absolute Gasteiger partial charge is 0.335 e. The Bertz CT molecular complexity index is 613. The second kappa shape index (κ2) is 6.47. The second-order valence-corrected chi connectivity index (χ2v) is 7.82. The number of hydrogen-bond donors (Lipinski definition) is 2. The standard InChI is InChI=1S/C15H22N2O3S/c1-11-6-5-7-12(10-11)16-15(18)17-13-8-3-4-9-14(13)21(2,19)20/h3-4,8-9,11-12H,5-7,10H2,1-2H3,(H2,16,17,18)/t11-,12+/m1/s1. The van der Waals surface area contributed by atoms with E-state index in [1.165, 1.54) is 12.5 Å². The van der Waals surface area contributed by atoms with Gasteiger partial charge in [0.15, 0.2) is 9.84 Å². The lowest BCUT2D eigenvalue weighted by molar-refractivity contribution is 0.238. The number of hydrogen-bond acceptors (Lipinski definition) is 3. The van der Waals surface area contributed by atoms with E-state index in [1.807, 2.05) is 0 Å². The van der Waals surface area contributed by atoms with Crippen LogP contribution in [0.1, 0.15) is 32.6 Å². The molecule has 116 valence electrons. The topological polar surface area (TPSA) is 75.3 Å². The minimum absolute atomic E-state index is 0.136. The molecule has 1 aliphatic carbocycles. The van der Waals surface area contributed by atoms with E-state index in [1.54, 1.807) is 18.2 Å². The quantitative estimate of drug-likeness (QED) is 0.901. The van der Waals surface area contributed by atoms with E-state index in [0.29, 0.717) is 11.6 Å². The van der Waals surface area contributed by atoms with Crippen molar-refractivity contribution >= 4 is 21.6 Å². The highest BCUT2D eigenvalue weighted by molar-refractivity contribution is 7.90. The molecule has 1 fully saturated rings. The molecular weight excluding hydrogens is 288 g/mol. The van der Waals surface area contributed by atoms with Crippen LogP contribution in [0.15, 0.2) is 29.2 Å². The van der Waals surface area contributed by atoms with Gasteiger partial charge in [-0.2, -0.15) is 0 Å². The lowest BCUT2D eigenvalue weighted by atomic mass is 9.87. The SMILES string of the molecule is C[C@@H]1CCC[C@H](NC(=O)Nc2ccccc2S(C)(=O)=O)C1. The predicted octanol–water partition coefficient (Wildman–Crippen LogP) is 2.79. The van der Waals surface area contributed by atoms with Crippen molar-refractivity contribution in [3.8, 4) is 0 Å². The number of carbonyl (C=O) groups is 1. The summed E-state index contributed by atoms with van der Waals surface area (Å²) in [5, 5.41) is 5.58. The van der Waals surface area contributed by atoms with Gasteiger partial charge in [-0.05, 0) is 30.9 Å². The molecular formula is C15H22N2O3S. The Kier molecular flexibility index (Phi) is 4.88. The normalized spacial score (nSPS) is 22.6. The van der Waals surface area contributed by atoms with Gasteiger partial charge in [-0.15, -0.1) is 0 Å². The molecule has 1 aromatic rings. The highest BCUT2D eigenvalue weighted by atomic mass is 32.2. The molecule has 2 rings (SSSR count). The van der Waals surface area contributed by atoms with Gasteiger partial charge in [0.25, 0.3) is 0 Å². The molecule has 0 saturated heterocycles. The molecule has 0 spiro atoms. The van der Waals surface area contributed by atoms with Gasteiger partial charge in [0.2, 0.25) is 0 Å². The first-order valence-corrected chi connectivity index (χ1v) is 9.12. The summed E-state index contributed by atoms with van der Waals surface area (Å²) in [6.45, 7) is 2.19. The van der Waals surface area contributed by atoms with Crippen molar-refractivity contribution < 1.29 is 13.2 Å². The zero-order valence-corrected chi connectivity index (χ0v) is 13.2. The van der Waals surface area contributed by atoms with Gasteiger partial charge in [-0.1, -0.05) is 31.9 Å². The van der Waals surface area contributed by atoms with Crippen LogP contribution in [0.2, 0.25) is 0 Å². The number of nitrogens with one attached hydrogen (secondary N) is 2. The first-order chi connectivity index (χ1) is 9.86. The average molecular weight is 310 g/mol. The third-order valence-electron chi connectivity index (χ3n) is 3.81. The lowest BCUT2D eigenvalue weighted by Gasteiger charge is -2.27. The highest BCUT2D eigenvalue weighted by Gasteiger charge is 2.21. The number of para-hydroxylation sites is 1. The van der Waals surface area contributed by atoms with Crippen LogP contribution >= 0.6 is 0 Å². The Morgan fingerprint density at radius 3 is 2.62 bits per heavy atom. The van der Waals surface area contributed by atoms with E-state index in [4.69, 9.17) is 0 Å². The van der Waals surface area contributed by atoms with Gasteiger partial charge in [0.05, 0.1) is 10.6 Å². The fourth-order valence-electron chi connectivity index (χ4n) is 2.80. The number of anilines is 1. The van der Waals surface area contributed by atoms with Crippen molar-refractivity contribution in [2.75, 3.05) is 11.6 Å². The van der Waals surface area contributed by atoms with Crippen molar-refractivity contribution in [3.05, 3.63) is 24.3 Å². The van der Waals surface area contributed by atoms with Crippen LogP contribution in [0, 0.1) is 5.92 Å². The Morgan fingerprint density at radius 2 is 1.95 bits per heavy atom. The number of carbonyl (C=O) groups excluding carboxylic acids is 1. The highest BCUT2D eigenvalue weighted by Crippen LogP contribution is 2.24. The molecule has 2 N–H and O–H groups in total. The van der Waals surface area contributed by atoms with Crippen molar-refractivity contribution in [3.63, 3.8) is 0 Å². The van der Waals surface area contributed by atoms with Gasteiger partial charge in [0, 0.05) is 12.3 Å². The zero-order valence-electron chi connectivity index (χ0n) is 12.4. The summed E-state index contributed by atoms with van der Waals surface area (Å²) < 4.78 is 23.4. The van der Waals surface area contributed by atoms with Gasteiger partial charge in [-0.3, -0.25) is 0 Å². The van der Waals surface area contributed by atoms with E-state index in [9.17, 15) is 13.2 Å².